The Balaban J connectivity index is 0.000000921. The number of urea groups is 1. The summed E-state index contributed by atoms with van der Waals surface area (Å²) in [5, 5.41) is 0. The van der Waals surface area contributed by atoms with Crippen molar-refractivity contribution in [2.75, 3.05) is 27.2 Å². The van der Waals surface area contributed by atoms with Crippen molar-refractivity contribution in [1.82, 2.24) is 9.80 Å². The number of nitrogens with zero attached hydrogens (tertiary/aromatic N) is 2. The van der Waals surface area contributed by atoms with Gasteiger partial charge in [-0.1, -0.05) is 34.6 Å². The molecule has 0 N–H and O–H groups in total. The molecule has 1 aliphatic heterocycles. The van der Waals surface area contributed by atoms with Crippen molar-refractivity contribution in [3.8, 4) is 0 Å². The van der Waals surface area contributed by atoms with Gasteiger partial charge in [0, 0.05) is 32.6 Å². The topological polar surface area (TPSA) is 23.6 Å². The van der Waals surface area contributed by atoms with E-state index in [0.29, 0.717) is 5.92 Å². The van der Waals surface area contributed by atoms with Gasteiger partial charge in [-0.25, -0.2) is 4.79 Å². The quantitative estimate of drug-likeness (QED) is 0.658. The van der Waals surface area contributed by atoms with Crippen LogP contribution in [-0.4, -0.2) is 43.0 Å². The first-order valence-electron chi connectivity index (χ1n) is 5.83. The van der Waals surface area contributed by atoms with Gasteiger partial charge in [-0.3, -0.25) is 0 Å². The summed E-state index contributed by atoms with van der Waals surface area (Å²) < 4.78 is 0. The lowest BCUT2D eigenvalue weighted by Crippen LogP contribution is -2.56. The van der Waals surface area contributed by atoms with Crippen molar-refractivity contribution in [3.05, 3.63) is 0 Å². The fraction of sp³-hybridized carbons (Fsp3) is 0.917. The highest BCUT2D eigenvalue weighted by molar-refractivity contribution is 5.74. The van der Waals surface area contributed by atoms with Gasteiger partial charge in [0.05, 0.1) is 0 Å². The highest BCUT2D eigenvalue weighted by atomic mass is 16.2. The minimum Gasteiger partial charge on any atom is -0.327 e. The van der Waals surface area contributed by atoms with E-state index in [-0.39, 0.29) is 11.4 Å². The molecule has 3 nitrogen and oxygen atoms in total. The number of carbonyl (C=O) groups is 1. The van der Waals surface area contributed by atoms with E-state index < -0.39 is 0 Å². The zero-order chi connectivity index (χ0) is 12.2. The summed E-state index contributed by atoms with van der Waals surface area (Å²) in [4.78, 5) is 15.1. The van der Waals surface area contributed by atoms with Crippen LogP contribution in [0, 0.1) is 11.3 Å². The van der Waals surface area contributed by atoms with Gasteiger partial charge in [0.1, 0.15) is 0 Å². The van der Waals surface area contributed by atoms with E-state index in [1.54, 1.807) is 0 Å². The molecule has 0 aromatic rings. The number of rotatable bonds is 1. The molecule has 2 amide bonds. The van der Waals surface area contributed by atoms with Crippen LogP contribution in [0.3, 0.4) is 0 Å². The van der Waals surface area contributed by atoms with Gasteiger partial charge < -0.3 is 9.80 Å². The van der Waals surface area contributed by atoms with Crippen LogP contribution in [0.2, 0.25) is 0 Å². The summed E-state index contributed by atoms with van der Waals surface area (Å²) in [5.74, 6) is 0.602. The van der Waals surface area contributed by atoms with Crippen LogP contribution in [0.1, 0.15) is 34.6 Å². The maximum atomic E-state index is 11.5. The third-order valence-corrected chi connectivity index (χ3v) is 3.24. The lowest BCUT2D eigenvalue weighted by Gasteiger charge is -2.45. The van der Waals surface area contributed by atoms with Crippen molar-refractivity contribution in [2.45, 2.75) is 34.6 Å². The summed E-state index contributed by atoms with van der Waals surface area (Å²) in [6.45, 7) is 12.4. The fourth-order valence-electron chi connectivity index (χ4n) is 1.93. The Hall–Kier alpha value is -0.730. The molecule has 90 valence electrons. The average Bonchev–Trinajstić information content (AvgIpc) is 2.17. The minimum atomic E-state index is 0.137. The van der Waals surface area contributed by atoms with E-state index in [9.17, 15) is 4.79 Å². The van der Waals surface area contributed by atoms with Crippen LogP contribution >= 0.6 is 0 Å². The van der Waals surface area contributed by atoms with Crippen LogP contribution < -0.4 is 0 Å². The highest BCUT2D eigenvalue weighted by Crippen LogP contribution is 2.32. The largest absolute Gasteiger partial charge is 0.327 e. The zero-order valence-corrected chi connectivity index (χ0v) is 11.3. The first-order chi connectivity index (χ1) is 6.87. The van der Waals surface area contributed by atoms with Crippen molar-refractivity contribution in [3.63, 3.8) is 0 Å². The van der Waals surface area contributed by atoms with Gasteiger partial charge in [0.15, 0.2) is 0 Å². The molecule has 0 aromatic carbocycles. The van der Waals surface area contributed by atoms with Gasteiger partial charge in [-0.2, -0.15) is 0 Å². The molecule has 0 spiro atoms. The SMILES string of the molecule is CC.CC(C)C1(C)CN(C)C(=O)N(C)C1. The lowest BCUT2D eigenvalue weighted by atomic mass is 9.77. The predicted octanol–water partition coefficient (Wildman–Crippen LogP) is 2.67. The summed E-state index contributed by atoms with van der Waals surface area (Å²) >= 11 is 0. The van der Waals surface area contributed by atoms with Gasteiger partial charge in [-0.05, 0) is 5.92 Å². The fourth-order valence-corrected chi connectivity index (χ4v) is 1.93. The molecule has 0 radical (unpaired) electrons. The first-order valence-corrected chi connectivity index (χ1v) is 5.83. The summed E-state index contributed by atoms with van der Waals surface area (Å²) in [7, 11) is 3.75. The normalized spacial score (nSPS) is 20.1. The van der Waals surface area contributed by atoms with E-state index in [0.717, 1.165) is 13.1 Å². The molecule has 0 atom stereocenters. The second-order valence-corrected chi connectivity index (χ2v) is 4.80. The van der Waals surface area contributed by atoms with Crippen molar-refractivity contribution in [2.24, 2.45) is 11.3 Å². The molecular weight excluding hydrogens is 188 g/mol. The molecule has 0 aromatic heterocycles. The van der Waals surface area contributed by atoms with E-state index >= 15 is 0 Å². The van der Waals surface area contributed by atoms with E-state index in [4.69, 9.17) is 0 Å². The Morgan fingerprint density at radius 1 is 1.13 bits per heavy atom. The van der Waals surface area contributed by atoms with E-state index in [1.807, 2.05) is 37.7 Å². The molecule has 0 aliphatic carbocycles. The van der Waals surface area contributed by atoms with E-state index in [1.165, 1.54) is 0 Å². The maximum absolute atomic E-state index is 11.5. The number of hydrogen-bond acceptors (Lipinski definition) is 1. The Labute approximate surface area is 94.4 Å². The Bertz CT molecular complexity index is 200. The van der Waals surface area contributed by atoms with Crippen LogP contribution in [0.15, 0.2) is 0 Å². The Morgan fingerprint density at radius 3 is 1.73 bits per heavy atom. The minimum absolute atomic E-state index is 0.137. The molecule has 1 heterocycles. The molecule has 1 saturated heterocycles. The van der Waals surface area contributed by atoms with Gasteiger partial charge in [-0.15, -0.1) is 0 Å². The van der Waals surface area contributed by atoms with Crippen molar-refractivity contribution < 1.29 is 4.79 Å². The van der Waals surface area contributed by atoms with Gasteiger partial charge in [0.2, 0.25) is 0 Å². The average molecular weight is 214 g/mol. The first kappa shape index (κ1) is 14.3. The molecule has 1 fully saturated rings. The molecule has 0 unspecified atom stereocenters. The Morgan fingerprint density at radius 2 is 1.47 bits per heavy atom. The number of amides is 2. The molecule has 3 heteroatoms. The smallest absolute Gasteiger partial charge is 0.319 e. The number of hydrogen-bond donors (Lipinski definition) is 0. The lowest BCUT2D eigenvalue weighted by molar-refractivity contribution is 0.0553. The molecule has 0 bridgehead atoms. The molecular formula is C12H26N2O. The van der Waals surface area contributed by atoms with E-state index in [2.05, 4.69) is 20.8 Å². The van der Waals surface area contributed by atoms with Crippen LogP contribution in [0.4, 0.5) is 4.79 Å². The van der Waals surface area contributed by atoms with Gasteiger partial charge >= 0.3 is 6.03 Å². The molecule has 1 aliphatic rings. The Kier molecular flexibility index (Phi) is 5.12. The standard InChI is InChI=1S/C10H20N2O.C2H6/c1-8(2)10(3)6-11(4)9(13)12(5)7-10;1-2/h8H,6-7H2,1-5H3;1-2H3. The zero-order valence-electron chi connectivity index (χ0n) is 11.3. The maximum Gasteiger partial charge on any atom is 0.319 e. The second kappa shape index (κ2) is 5.38. The van der Waals surface area contributed by atoms with Crippen molar-refractivity contribution in [1.29, 1.82) is 0 Å². The van der Waals surface area contributed by atoms with Crippen molar-refractivity contribution >= 4 is 6.03 Å². The monoisotopic (exact) mass is 214 g/mol. The number of carbonyl (C=O) groups excluding carboxylic acids is 1. The third-order valence-electron chi connectivity index (χ3n) is 3.24. The second-order valence-electron chi connectivity index (χ2n) is 4.80. The molecule has 15 heavy (non-hydrogen) atoms. The van der Waals surface area contributed by atoms with Gasteiger partial charge in [0.25, 0.3) is 0 Å². The highest BCUT2D eigenvalue weighted by Gasteiger charge is 2.38. The predicted molar refractivity (Wildman–Crippen MR) is 64.9 cm³/mol. The molecule has 1 rings (SSSR count). The third kappa shape index (κ3) is 3.11. The molecule has 0 saturated carbocycles. The van der Waals surface area contributed by atoms with Crippen LogP contribution in [0.25, 0.3) is 0 Å². The summed E-state index contributed by atoms with van der Waals surface area (Å²) in [6.07, 6.45) is 0. The van der Waals surface area contributed by atoms with Crippen LogP contribution in [-0.2, 0) is 0 Å². The summed E-state index contributed by atoms with van der Waals surface area (Å²) in [5.41, 5.74) is 0.234. The van der Waals surface area contributed by atoms with Crippen LogP contribution in [0.5, 0.6) is 0 Å². The summed E-state index contributed by atoms with van der Waals surface area (Å²) in [6, 6.07) is 0.137.